The van der Waals surface area contributed by atoms with E-state index in [0.717, 1.165) is 5.56 Å². The van der Waals surface area contributed by atoms with Gasteiger partial charge in [0.1, 0.15) is 5.82 Å². The van der Waals surface area contributed by atoms with Crippen molar-refractivity contribution in [3.8, 4) is 11.3 Å². The van der Waals surface area contributed by atoms with Crippen LogP contribution < -0.4 is 10.6 Å². The Morgan fingerprint density at radius 1 is 1.14 bits per heavy atom. The number of pyridine rings is 1. The van der Waals surface area contributed by atoms with Crippen LogP contribution in [0.5, 0.6) is 0 Å². The molecule has 1 heterocycles. The van der Waals surface area contributed by atoms with E-state index in [1.165, 1.54) is 12.1 Å². The number of amides is 2. The molecule has 1 aromatic carbocycles. The summed E-state index contributed by atoms with van der Waals surface area (Å²) in [6.07, 6.45) is 0. The first-order valence-corrected chi connectivity index (χ1v) is 6.46. The van der Waals surface area contributed by atoms with Crippen molar-refractivity contribution in [1.29, 1.82) is 0 Å². The number of benzene rings is 1. The van der Waals surface area contributed by atoms with E-state index in [1.807, 2.05) is 6.92 Å². The van der Waals surface area contributed by atoms with E-state index in [1.54, 1.807) is 30.3 Å². The Kier molecular flexibility index (Phi) is 4.50. The Bertz CT molecular complexity index is 653. The molecular weight excluding hydrogens is 270 g/mol. The lowest BCUT2D eigenvalue weighted by atomic mass is 10.1. The summed E-state index contributed by atoms with van der Waals surface area (Å²) in [5.74, 6) is -0.540. The summed E-state index contributed by atoms with van der Waals surface area (Å²) in [6, 6.07) is 11.3. The van der Waals surface area contributed by atoms with Crippen LogP contribution in [0.4, 0.5) is 10.6 Å². The molecule has 2 rings (SSSR count). The molecule has 0 saturated heterocycles. The maximum absolute atomic E-state index is 11.5. The maximum Gasteiger partial charge on any atom is 0.335 e. The second kappa shape index (κ2) is 6.51. The third-order valence-corrected chi connectivity index (χ3v) is 2.76. The van der Waals surface area contributed by atoms with Crippen LogP contribution in [0.2, 0.25) is 0 Å². The summed E-state index contributed by atoms with van der Waals surface area (Å²) in [7, 11) is 0. The van der Waals surface area contributed by atoms with Gasteiger partial charge in [0.2, 0.25) is 0 Å². The predicted octanol–water partition coefficient (Wildman–Crippen LogP) is 2.59. The molecule has 2 aromatic rings. The second-order valence-corrected chi connectivity index (χ2v) is 4.28. The number of hydrogen-bond donors (Lipinski definition) is 3. The number of urea groups is 1. The van der Waals surface area contributed by atoms with Gasteiger partial charge in [-0.3, -0.25) is 5.32 Å². The molecule has 0 radical (unpaired) electrons. The molecule has 0 atom stereocenters. The zero-order valence-corrected chi connectivity index (χ0v) is 11.5. The number of carbonyl (C=O) groups excluding carboxylic acids is 1. The molecule has 1 aromatic heterocycles. The zero-order chi connectivity index (χ0) is 15.2. The Morgan fingerprint density at radius 3 is 2.48 bits per heavy atom. The Labute approximate surface area is 121 Å². The summed E-state index contributed by atoms with van der Waals surface area (Å²) < 4.78 is 0. The van der Waals surface area contributed by atoms with Gasteiger partial charge in [-0.05, 0) is 31.2 Å². The summed E-state index contributed by atoms with van der Waals surface area (Å²) in [6.45, 7) is 2.36. The van der Waals surface area contributed by atoms with Gasteiger partial charge in [-0.25, -0.2) is 14.6 Å². The molecule has 2 amide bonds. The van der Waals surface area contributed by atoms with Crippen LogP contribution in [-0.4, -0.2) is 28.6 Å². The highest BCUT2D eigenvalue weighted by molar-refractivity contribution is 5.89. The number of anilines is 1. The molecular formula is C15H15N3O3. The number of nitrogens with zero attached hydrogens (tertiary/aromatic N) is 1. The van der Waals surface area contributed by atoms with Crippen LogP contribution in [0.1, 0.15) is 17.3 Å². The number of hydrogen-bond acceptors (Lipinski definition) is 3. The number of carboxylic acids is 1. The van der Waals surface area contributed by atoms with Gasteiger partial charge < -0.3 is 10.4 Å². The first-order valence-electron chi connectivity index (χ1n) is 6.46. The topological polar surface area (TPSA) is 91.3 Å². The van der Waals surface area contributed by atoms with Crippen LogP contribution in [0, 0.1) is 0 Å². The number of nitrogens with one attached hydrogen (secondary N) is 2. The Hall–Kier alpha value is -2.89. The molecule has 0 unspecified atom stereocenters. The minimum Gasteiger partial charge on any atom is -0.478 e. The fourth-order valence-corrected chi connectivity index (χ4v) is 1.77. The van der Waals surface area contributed by atoms with Gasteiger partial charge in [-0.1, -0.05) is 18.2 Å². The monoisotopic (exact) mass is 285 g/mol. The van der Waals surface area contributed by atoms with Gasteiger partial charge >= 0.3 is 12.0 Å². The molecule has 6 heteroatoms. The van der Waals surface area contributed by atoms with Crippen LogP contribution >= 0.6 is 0 Å². The van der Waals surface area contributed by atoms with Gasteiger partial charge in [0.25, 0.3) is 0 Å². The fraction of sp³-hybridized carbons (Fsp3) is 0.133. The standard InChI is InChI=1S/C15H15N3O3/c1-2-16-15(21)18-13-5-3-4-12(17-13)10-6-8-11(9-7-10)14(19)20/h3-9H,2H2,1H3,(H,19,20)(H2,16,17,18,21). The number of rotatable bonds is 4. The molecule has 0 aliphatic heterocycles. The third kappa shape index (κ3) is 3.79. The third-order valence-electron chi connectivity index (χ3n) is 2.76. The SMILES string of the molecule is CCNC(=O)Nc1cccc(-c2ccc(C(=O)O)cc2)n1. The van der Waals surface area contributed by atoms with E-state index >= 15 is 0 Å². The van der Waals surface area contributed by atoms with Crippen molar-refractivity contribution in [1.82, 2.24) is 10.3 Å². The zero-order valence-electron chi connectivity index (χ0n) is 11.5. The summed E-state index contributed by atoms with van der Waals surface area (Å²) in [5, 5.41) is 14.1. The van der Waals surface area contributed by atoms with Crippen LogP contribution in [0.25, 0.3) is 11.3 Å². The van der Waals surface area contributed by atoms with E-state index in [2.05, 4.69) is 15.6 Å². The minimum absolute atomic E-state index is 0.218. The number of aromatic carboxylic acids is 1. The second-order valence-electron chi connectivity index (χ2n) is 4.28. The lowest BCUT2D eigenvalue weighted by Crippen LogP contribution is -2.28. The average molecular weight is 285 g/mol. The molecule has 108 valence electrons. The number of carbonyl (C=O) groups is 2. The molecule has 0 saturated carbocycles. The quantitative estimate of drug-likeness (QED) is 0.805. The van der Waals surface area contributed by atoms with Crippen molar-refractivity contribution in [2.24, 2.45) is 0 Å². The lowest BCUT2D eigenvalue weighted by molar-refractivity contribution is 0.0697. The van der Waals surface area contributed by atoms with Crippen LogP contribution in [-0.2, 0) is 0 Å². The fourth-order valence-electron chi connectivity index (χ4n) is 1.77. The Morgan fingerprint density at radius 2 is 1.86 bits per heavy atom. The molecule has 0 bridgehead atoms. The van der Waals surface area contributed by atoms with Crippen LogP contribution in [0.3, 0.4) is 0 Å². The van der Waals surface area contributed by atoms with Crippen molar-refractivity contribution >= 4 is 17.8 Å². The van der Waals surface area contributed by atoms with E-state index in [-0.39, 0.29) is 11.6 Å². The van der Waals surface area contributed by atoms with Crippen molar-refractivity contribution in [3.05, 3.63) is 48.0 Å². The highest BCUT2D eigenvalue weighted by atomic mass is 16.4. The Balaban J connectivity index is 2.20. The van der Waals surface area contributed by atoms with E-state index in [0.29, 0.717) is 18.1 Å². The maximum atomic E-state index is 11.5. The molecule has 21 heavy (non-hydrogen) atoms. The van der Waals surface area contributed by atoms with Crippen molar-refractivity contribution in [3.63, 3.8) is 0 Å². The van der Waals surface area contributed by atoms with Gasteiger partial charge in [0, 0.05) is 12.1 Å². The lowest BCUT2D eigenvalue weighted by Gasteiger charge is -2.07. The number of carboxylic acid groups (broad SMARTS) is 1. The molecule has 3 N–H and O–H groups in total. The van der Waals surface area contributed by atoms with Gasteiger partial charge in [0.05, 0.1) is 11.3 Å². The van der Waals surface area contributed by atoms with Crippen molar-refractivity contribution in [2.75, 3.05) is 11.9 Å². The molecule has 0 fully saturated rings. The summed E-state index contributed by atoms with van der Waals surface area (Å²) in [4.78, 5) is 26.6. The highest BCUT2D eigenvalue weighted by Crippen LogP contribution is 2.19. The summed E-state index contributed by atoms with van der Waals surface area (Å²) in [5.41, 5.74) is 1.65. The predicted molar refractivity (Wildman–Crippen MR) is 79.3 cm³/mol. The molecule has 0 aliphatic carbocycles. The molecule has 6 nitrogen and oxygen atoms in total. The van der Waals surface area contributed by atoms with Crippen LogP contribution in [0.15, 0.2) is 42.5 Å². The molecule has 0 spiro atoms. The van der Waals surface area contributed by atoms with Crippen molar-refractivity contribution < 1.29 is 14.7 Å². The van der Waals surface area contributed by atoms with Gasteiger partial charge in [0.15, 0.2) is 0 Å². The first kappa shape index (κ1) is 14.5. The van der Waals surface area contributed by atoms with Gasteiger partial charge in [-0.2, -0.15) is 0 Å². The first-order chi connectivity index (χ1) is 10.1. The van der Waals surface area contributed by atoms with Crippen molar-refractivity contribution in [2.45, 2.75) is 6.92 Å². The van der Waals surface area contributed by atoms with E-state index in [9.17, 15) is 9.59 Å². The van der Waals surface area contributed by atoms with E-state index < -0.39 is 5.97 Å². The smallest absolute Gasteiger partial charge is 0.335 e. The van der Waals surface area contributed by atoms with Gasteiger partial charge in [-0.15, -0.1) is 0 Å². The number of aromatic nitrogens is 1. The normalized spacial score (nSPS) is 9.95. The van der Waals surface area contributed by atoms with E-state index in [4.69, 9.17) is 5.11 Å². The summed E-state index contributed by atoms with van der Waals surface area (Å²) >= 11 is 0. The molecule has 0 aliphatic rings. The average Bonchev–Trinajstić information content (AvgIpc) is 2.48. The highest BCUT2D eigenvalue weighted by Gasteiger charge is 2.06. The minimum atomic E-state index is -0.971. The largest absolute Gasteiger partial charge is 0.478 e.